The van der Waals surface area contributed by atoms with Gasteiger partial charge in [-0.3, -0.25) is 4.79 Å². The number of fused-ring (bicyclic) bond motifs is 4. The molecule has 4 heterocycles. The molecule has 9 nitrogen and oxygen atoms in total. The number of carbonyl (C=O) groups is 3. The molecule has 7 rings (SSSR count). The van der Waals surface area contributed by atoms with Gasteiger partial charge in [0, 0.05) is 17.5 Å². The van der Waals surface area contributed by atoms with Gasteiger partial charge in [-0.15, -0.1) is 0 Å². The molecule has 0 aromatic heterocycles. The SMILES string of the molecule is CCCNC(=O)OCCC[C@]12O[C@H]1[C@@H]1O[C@@]13[C@@]1(C)CCC4=C(COC4=O)[C@@H]1C[C@@H]1O[C@@]13C2=O. The number of nitrogens with one attached hydrogen (secondary N) is 1. The Morgan fingerprint density at radius 2 is 2.06 bits per heavy atom. The summed E-state index contributed by atoms with van der Waals surface area (Å²) in [6.07, 6.45) is 2.90. The first kappa shape index (κ1) is 20.4. The maximum atomic E-state index is 13.9. The van der Waals surface area contributed by atoms with Gasteiger partial charge in [-0.1, -0.05) is 13.8 Å². The van der Waals surface area contributed by atoms with Gasteiger partial charge < -0.3 is 29.0 Å². The lowest BCUT2D eigenvalue weighted by molar-refractivity contribution is -0.138. The molecule has 1 N–H and O–H groups in total. The van der Waals surface area contributed by atoms with Gasteiger partial charge in [-0.25, -0.2) is 9.59 Å². The molecule has 7 aliphatic rings. The Labute approximate surface area is 191 Å². The molecule has 1 amide bonds. The number of Topliss-reactive ketones (excluding diaryl/α,β-unsaturated/α-hetero) is 1. The molecule has 0 unspecified atom stereocenters. The van der Waals surface area contributed by atoms with E-state index >= 15 is 0 Å². The zero-order chi connectivity index (χ0) is 22.8. The van der Waals surface area contributed by atoms with Crippen LogP contribution >= 0.6 is 0 Å². The van der Waals surface area contributed by atoms with Gasteiger partial charge in [0.25, 0.3) is 0 Å². The van der Waals surface area contributed by atoms with E-state index in [0.717, 1.165) is 24.0 Å². The molecule has 8 atom stereocenters. The average Bonchev–Trinajstić information content (AvgIpc) is 3.70. The van der Waals surface area contributed by atoms with Gasteiger partial charge >= 0.3 is 12.1 Å². The van der Waals surface area contributed by atoms with E-state index in [1.54, 1.807) is 0 Å². The first-order valence-corrected chi connectivity index (χ1v) is 12.2. The van der Waals surface area contributed by atoms with E-state index in [4.69, 9.17) is 23.7 Å². The summed E-state index contributed by atoms with van der Waals surface area (Å²) in [5.41, 5.74) is -0.919. The van der Waals surface area contributed by atoms with E-state index in [0.29, 0.717) is 38.8 Å². The van der Waals surface area contributed by atoms with Crippen molar-refractivity contribution in [1.29, 1.82) is 0 Å². The van der Waals surface area contributed by atoms with Crippen molar-refractivity contribution in [2.45, 2.75) is 87.5 Å². The average molecular weight is 459 g/mol. The van der Waals surface area contributed by atoms with Gasteiger partial charge in [-0.05, 0) is 50.0 Å². The number of amides is 1. The molecule has 0 aromatic rings. The number of rotatable bonds is 6. The second-order valence-electron chi connectivity index (χ2n) is 10.8. The van der Waals surface area contributed by atoms with Crippen LogP contribution in [0.15, 0.2) is 11.1 Å². The first-order valence-electron chi connectivity index (χ1n) is 12.2. The molecule has 2 saturated carbocycles. The monoisotopic (exact) mass is 459 g/mol. The number of ketones is 1. The van der Waals surface area contributed by atoms with Crippen LogP contribution in [0.25, 0.3) is 0 Å². The highest BCUT2D eigenvalue weighted by atomic mass is 16.7. The number of cyclic esters (lactones) is 1. The first-order chi connectivity index (χ1) is 15.9. The van der Waals surface area contributed by atoms with Crippen molar-refractivity contribution in [3.05, 3.63) is 11.1 Å². The highest BCUT2D eigenvalue weighted by Gasteiger charge is 3.00. The number of ether oxygens (including phenoxy) is 5. The summed E-state index contributed by atoms with van der Waals surface area (Å²) >= 11 is 0. The molecule has 9 heteroatoms. The molecule has 0 bridgehead atoms. The molecule has 3 aliphatic carbocycles. The van der Waals surface area contributed by atoms with Crippen LogP contribution in [0.1, 0.15) is 52.4 Å². The number of hydrogen-bond donors (Lipinski definition) is 1. The topological polar surface area (TPSA) is 119 Å². The molecule has 178 valence electrons. The minimum Gasteiger partial charge on any atom is -0.458 e. The van der Waals surface area contributed by atoms with Gasteiger partial charge in [0.2, 0.25) is 5.78 Å². The van der Waals surface area contributed by atoms with Crippen molar-refractivity contribution in [3.63, 3.8) is 0 Å². The molecule has 0 radical (unpaired) electrons. The van der Waals surface area contributed by atoms with E-state index in [9.17, 15) is 14.4 Å². The zero-order valence-corrected chi connectivity index (χ0v) is 18.9. The zero-order valence-electron chi connectivity index (χ0n) is 18.9. The highest BCUT2D eigenvalue weighted by molar-refractivity contribution is 6.05. The Morgan fingerprint density at radius 1 is 1.21 bits per heavy atom. The Balaban J connectivity index is 1.11. The van der Waals surface area contributed by atoms with Crippen molar-refractivity contribution in [3.8, 4) is 0 Å². The lowest BCUT2D eigenvalue weighted by Crippen LogP contribution is -2.66. The van der Waals surface area contributed by atoms with E-state index in [1.807, 2.05) is 6.92 Å². The van der Waals surface area contributed by atoms with E-state index < -0.39 is 22.9 Å². The molecular weight excluding hydrogens is 430 g/mol. The van der Waals surface area contributed by atoms with Crippen molar-refractivity contribution in [2.24, 2.45) is 11.3 Å². The minimum atomic E-state index is -0.948. The standard InChI is InChI=1S/C24H29NO8/c1-3-8-25-20(28)29-9-4-6-22-16(32-22)17-24(33-17)21(2)7-5-12-13(11-30-18(12)26)14(21)10-15-23(24,31-15)19(22)27/h14-17H,3-11H2,1-2H3,(H,25,28)/t14-,15-,16-,17-,21-,22-,23+,24+/m0/s1. The molecule has 3 saturated heterocycles. The third-order valence-electron chi connectivity index (χ3n) is 9.49. The molecule has 4 aliphatic heterocycles. The Morgan fingerprint density at radius 3 is 2.88 bits per heavy atom. The minimum absolute atomic E-state index is 0.00684. The fourth-order valence-corrected chi connectivity index (χ4v) is 7.84. The van der Waals surface area contributed by atoms with Crippen LogP contribution < -0.4 is 5.32 Å². The summed E-state index contributed by atoms with van der Waals surface area (Å²) in [6, 6.07) is 0. The normalized spacial score (nSPS) is 49.5. The number of alkyl carbamates (subject to hydrolysis) is 1. The summed E-state index contributed by atoms with van der Waals surface area (Å²) < 4.78 is 29.4. The van der Waals surface area contributed by atoms with Crippen LogP contribution in [0.5, 0.6) is 0 Å². The number of carbonyl (C=O) groups excluding carboxylic acids is 3. The number of esters is 1. The third-order valence-corrected chi connectivity index (χ3v) is 9.49. The summed E-state index contributed by atoms with van der Waals surface area (Å²) in [5, 5.41) is 2.68. The van der Waals surface area contributed by atoms with Gasteiger partial charge in [0.1, 0.15) is 24.4 Å². The van der Waals surface area contributed by atoms with E-state index in [1.165, 1.54) is 0 Å². The Kier molecular flexibility index (Phi) is 3.82. The fourth-order valence-electron chi connectivity index (χ4n) is 7.84. The molecular formula is C24H29NO8. The Hall–Kier alpha value is -1.97. The van der Waals surface area contributed by atoms with Crippen molar-refractivity contribution < 1.29 is 38.1 Å². The van der Waals surface area contributed by atoms with Crippen molar-refractivity contribution >= 4 is 17.8 Å². The number of hydrogen-bond acceptors (Lipinski definition) is 8. The summed E-state index contributed by atoms with van der Waals surface area (Å²) in [6.45, 7) is 5.34. The van der Waals surface area contributed by atoms with Crippen LogP contribution in [0, 0.1) is 11.3 Å². The van der Waals surface area contributed by atoms with Gasteiger partial charge in [0.05, 0.1) is 12.7 Å². The maximum absolute atomic E-state index is 13.9. The van der Waals surface area contributed by atoms with E-state index in [-0.39, 0.29) is 48.0 Å². The lowest BCUT2D eigenvalue weighted by Gasteiger charge is -2.51. The smallest absolute Gasteiger partial charge is 0.407 e. The predicted octanol–water partition coefficient (Wildman–Crippen LogP) is 1.57. The van der Waals surface area contributed by atoms with Gasteiger partial charge in [-0.2, -0.15) is 0 Å². The van der Waals surface area contributed by atoms with Crippen molar-refractivity contribution in [2.75, 3.05) is 19.8 Å². The van der Waals surface area contributed by atoms with Crippen LogP contribution in [0.4, 0.5) is 4.79 Å². The molecule has 5 fully saturated rings. The van der Waals surface area contributed by atoms with Crippen LogP contribution in [0.2, 0.25) is 0 Å². The quantitative estimate of drug-likeness (QED) is 0.361. The lowest BCUT2D eigenvalue weighted by atomic mass is 9.47. The summed E-state index contributed by atoms with van der Waals surface area (Å²) in [4.78, 5) is 37.8. The van der Waals surface area contributed by atoms with E-state index in [2.05, 4.69) is 12.2 Å². The van der Waals surface area contributed by atoms with Crippen LogP contribution in [-0.4, -0.2) is 72.7 Å². The molecule has 33 heavy (non-hydrogen) atoms. The summed E-state index contributed by atoms with van der Waals surface area (Å²) in [7, 11) is 0. The number of epoxide rings is 3. The fraction of sp³-hybridized carbons (Fsp3) is 0.792. The Bertz CT molecular complexity index is 1020. The second kappa shape index (κ2) is 6.17. The van der Waals surface area contributed by atoms with Crippen molar-refractivity contribution in [1.82, 2.24) is 5.32 Å². The van der Waals surface area contributed by atoms with Crippen LogP contribution in [-0.2, 0) is 33.3 Å². The highest BCUT2D eigenvalue weighted by Crippen LogP contribution is 2.81. The van der Waals surface area contributed by atoms with Crippen LogP contribution in [0.3, 0.4) is 0 Å². The third kappa shape index (κ3) is 2.18. The summed E-state index contributed by atoms with van der Waals surface area (Å²) in [5.74, 6) is -0.0685. The molecule has 2 spiro atoms. The van der Waals surface area contributed by atoms with Gasteiger partial charge in [0.15, 0.2) is 11.2 Å². The maximum Gasteiger partial charge on any atom is 0.407 e. The molecule has 0 aromatic carbocycles. The second-order valence-corrected chi connectivity index (χ2v) is 10.8. The predicted molar refractivity (Wildman–Crippen MR) is 110 cm³/mol. The largest absolute Gasteiger partial charge is 0.458 e.